The molecule has 0 aromatic heterocycles. The maximum Gasteiger partial charge on any atom is 0.353 e. The Hall–Kier alpha value is -0.820. The molecule has 0 amide bonds. The van der Waals surface area contributed by atoms with Crippen LogP contribution in [0, 0.1) is 0 Å². The van der Waals surface area contributed by atoms with Crippen molar-refractivity contribution >= 4 is 37.6 Å². The molecule has 0 heterocycles. The lowest BCUT2D eigenvalue weighted by atomic mass is 10.2. The Kier molecular flexibility index (Phi) is 7.13. The Balaban J connectivity index is 0.000000437. The van der Waals surface area contributed by atoms with Gasteiger partial charge in [0.2, 0.25) is 0 Å². The molecule has 96 valence electrons. The van der Waals surface area contributed by atoms with Gasteiger partial charge in [0, 0.05) is 15.7 Å². The normalized spacial score (nSPS) is 10.1. The van der Waals surface area contributed by atoms with Gasteiger partial charge in [-0.15, -0.1) is 0 Å². The van der Waals surface area contributed by atoms with Gasteiger partial charge in [-0.25, -0.2) is 4.79 Å². The van der Waals surface area contributed by atoms with Crippen molar-refractivity contribution in [2.75, 3.05) is 6.61 Å². The van der Waals surface area contributed by atoms with E-state index in [9.17, 15) is 4.79 Å². The third-order valence-corrected chi connectivity index (χ3v) is 1.57. The second-order valence-electron chi connectivity index (χ2n) is 2.64. The molecular formula is C9H10Cl2O5S. The first-order valence-corrected chi connectivity index (χ1v) is 6.98. The van der Waals surface area contributed by atoms with E-state index < -0.39 is 9.33 Å². The summed E-state index contributed by atoms with van der Waals surface area (Å²) in [5.41, 5.74) is 0.490. The minimum atomic E-state index is -4.19. The first kappa shape index (κ1) is 16.2. The van der Waals surface area contributed by atoms with Crippen LogP contribution in [0.3, 0.4) is 0 Å². The fraction of sp³-hybridized carbons (Fsp3) is 0.222. The fourth-order valence-electron chi connectivity index (χ4n) is 0.830. The zero-order valence-electron chi connectivity index (χ0n) is 8.76. The Labute approximate surface area is 109 Å². The summed E-state index contributed by atoms with van der Waals surface area (Å²) in [6, 6.07) is 6.68. The summed E-state index contributed by atoms with van der Waals surface area (Å²) >= 11 is 5.68. The van der Waals surface area contributed by atoms with Gasteiger partial charge in [0.05, 0.1) is 12.2 Å². The van der Waals surface area contributed by atoms with Crippen molar-refractivity contribution in [3.8, 4) is 0 Å². The van der Waals surface area contributed by atoms with E-state index in [1.54, 1.807) is 31.2 Å². The monoisotopic (exact) mass is 300 g/mol. The Morgan fingerprint density at radius 1 is 1.47 bits per heavy atom. The number of halogens is 2. The molecule has 0 aliphatic carbocycles. The zero-order chi connectivity index (χ0) is 13.5. The summed E-state index contributed by atoms with van der Waals surface area (Å²) in [6.07, 6.45) is 0. The van der Waals surface area contributed by atoms with Gasteiger partial charge in [0.15, 0.2) is 0 Å². The lowest BCUT2D eigenvalue weighted by Gasteiger charge is -2.00. The average Bonchev–Trinajstić information content (AvgIpc) is 2.15. The van der Waals surface area contributed by atoms with Crippen LogP contribution < -0.4 is 0 Å². The van der Waals surface area contributed by atoms with Crippen molar-refractivity contribution < 1.29 is 22.5 Å². The third-order valence-electron chi connectivity index (χ3n) is 1.34. The van der Waals surface area contributed by atoms with E-state index in [0.29, 0.717) is 17.2 Å². The fourth-order valence-corrected chi connectivity index (χ4v) is 1.02. The highest BCUT2D eigenvalue weighted by Gasteiger charge is 2.04. The second-order valence-corrected chi connectivity index (χ2v) is 5.07. The summed E-state index contributed by atoms with van der Waals surface area (Å²) in [5.74, 6) is -0.333. The summed E-state index contributed by atoms with van der Waals surface area (Å²) in [6.45, 7) is 2.15. The predicted molar refractivity (Wildman–Crippen MR) is 64.8 cm³/mol. The van der Waals surface area contributed by atoms with Gasteiger partial charge in [-0.3, -0.25) is 4.55 Å². The quantitative estimate of drug-likeness (QED) is 0.516. The highest BCUT2D eigenvalue weighted by molar-refractivity contribution is 8.09. The number of carbonyl (C=O) groups is 1. The largest absolute Gasteiger partial charge is 0.462 e. The molecule has 0 unspecified atom stereocenters. The van der Waals surface area contributed by atoms with Crippen LogP contribution in [0.25, 0.3) is 0 Å². The molecule has 0 aliphatic rings. The van der Waals surface area contributed by atoms with Gasteiger partial charge in [-0.05, 0) is 25.1 Å². The minimum absolute atomic E-state index is 0.333. The van der Waals surface area contributed by atoms with E-state index >= 15 is 0 Å². The van der Waals surface area contributed by atoms with Gasteiger partial charge in [0.25, 0.3) is 0 Å². The molecule has 1 aromatic carbocycles. The zero-order valence-corrected chi connectivity index (χ0v) is 11.1. The van der Waals surface area contributed by atoms with Crippen LogP contribution in [0.15, 0.2) is 24.3 Å². The van der Waals surface area contributed by atoms with Crippen molar-refractivity contribution in [2.24, 2.45) is 0 Å². The van der Waals surface area contributed by atoms with E-state index in [0.717, 1.165) is 0 Å². The van der Waals surface area contributed by atoms with E-state index in [1.807, 2.05) is 0 Å². The van der Waals surface area contributed by atoms with Crippen molar-refractivity contribution in [1.82, 2.24) is 0 Å². The molecule has 0 fully saturated rings. The van der Waals surface area contributed by atoms with Gasteiger partial charge >= 0.3 is 15.3 Å². The van der Waals surface area contributed by atoms with E-state index in [1.165, 1.54) is 0 Å². The molecule has 0 radical (unpaired) electrons. The highest BCUT2D eigenvalue weighted by atomic mass is 35.7. The number of benzene rings is 1. The van der Waals surface area contributed by atoms with E-state index in [-0.39, 0.29) is 5.97 Å². The van der Waals surface area contributed by atoms with Crippen LogP contribution in [-0.4, -0.2) is 25.5 Å². The molecule has 8 heteroatoms. The Morgan fingerprint density at radius 2 is 2.00 bits per heavy atom. The summed E-state index contributed by atoms with van der Waals surface area (Å²) in [5, 5.41) is 0.542. The second kappa shape index (κ2) is 7.50. The van der Waals surface area contributed by atoms with Gasteiger partial charge < -0.3 is 4.74 Å². The van der Waals surface area contributed by atoms with Crippen LogP contribution in [0.1, 0.15) is 17.3 Å². The van der Waals surface area contributed by atoms with Gasteiger partial charge in [-0.1, -0.05) is 17.7 Å². The summed E-state index contributed by atoms with van der Waals surface area (Å²) < 4.78 is 29.9. The molecule has 1 rings (SSSR count). The number of carbonyl (C=O) groups excluding carboxylic acids is 1. The van der Waals surface area contributed by atoms with Crippen LogP contribution in [0.5, 0.6) is 0 Å². The molecule has 0 spiro atoms. The van der Waals surface area contributed by atoms with Crippen LogP contribution in [0.4, 0.5) is 0 Å². The molecule has 17 heavy (non-hydrogen) atoms. The third kappa shape index (κ3) is 10.1. The topological polar surface area (TPSA) is 80.7 Å². The van der Waals surface area contributed by atoms with E-state index in [4.69, 9.17) is 29.3 Å². The first-order chi connectivity index (χ1) is 7.74. The maximum atomic E-state index is 11.1. The highest BCUT2D eigenvalue weighted by Crippen LogP contribution is 2.11. The predicted octanol–water partition coefficient (Wildman–Crippen LogP) is 2.54. The summed E-state index contributed by atoms with van der Waals surface area (Å²) in [7, 11) is -0.137. The maximum absolute atomic E-state index is 11.1. The van der Waals surface area contributed by atoms with E-state index in [2.05, 4.69) is 10.7 Å². The molecule has 0 bridgehead atoms. The van der Waals surface area contributed by atoms with Crippen molar-refractivity contribution in [2.45, 2.75) is 6.92 Å². The lowest BCUT2D eigenvalue weighted by molar-refractivity contribution is 0.0526. The lowest BCUT2D eigenvalue weighted by Crippen LogP contribution is -2.03. The number of hydrogen-bond acceptors (Lipinski definition) is 4. The minimum Gasteiger partial charge on any atom is -0.462 e. The number of esters is 1. The van der Waals surface area contributed by atoms with Crippen LogP contribution >= 0.6 is 22.3 Å². The number of hydrogen-bond donors (Lipinski definition) is 1. The Morgan fingerprint density at radius 3 is 2.41 bits per heavy atom. The van der Waals surface area contributed by atoms with Gasteiger partial charge in [0.1, 0.15) is 0 Å². The van der Waals surface area contributed by atoms with Gasteiger partial charge in [-0.2, -0.15) is 8.42 Å². The van der Waals surface area contributed by atoms with Crippen LogP contribution in [0.2, 0.25) is 5.02 Å². The molecule has 1 aromatic rings. The smallest absolute Gasteiger partial charge is 0.353 e. The molecule has 0 aliphatic heterocycles. The van der Waals surface area contributed by atoms with Crippen molar-refractivity contribution in [1.29, 1.82) is 0 Å². The SMILES string of the molecule is CCOC(=O)c1cccc(Cl)c1.O=S(=O)(O)Cl. The molecule has 0 atom stereocenters. The molecular weight excluding hydrogens is 291 g/mol. The molecule has 5 nitrogen and oxygen atoms in total. The Bertz CT molecular complexity index is 464. The average molecular weight is 301 g/mol. The summed E-state index contributed by atoms with van der Waals surface area (Å²) in [4.78, 5) is 11.1. The molecule has 0 saturated carbocycles. The van der Waals surface area contributed by atoms with Crippen molar-refractivity contribution in [3.63, 3.8) is 0 Å². The first-order valence-electron chi connectivity index (χ1n) is 4.33. The molecule has 0 saturated heterocycles. The van der Waals surface area contributed by atoms with Crippen molar-refractivity contribution in [3.05, 3.63) is 34.9 Å². The number of ether oxygens (including phenoxy) is 1. The number of rotatable bonds is 2. The standard InChI is InChI=1S/C9H9ClO2.ClHO3S/c1-2-12-9(11)7-4-3-5-8(10)6-7;1-5(2,3)4/h3-6H,2H2,1H3;(H,2,3,4). The van der Waals surface area contributed by atoms with Crippen LogP contribution in [-0.2, 0) is 14.1 Å². The molecule has 1 N–H and O–H groups in total.